The van der Waals surface area contributed by atoms with Gasteiger partial charge in [-0.05, 0) is 25.7 Å². The van der Waals surface area contributed by atoms with Gasteiger partial charge in [-0.2, -0.15) is 0 Å². The molecule has 1 aromatic heterocycles. The molecule has 1 fully saturated rings. The molecule has 1 saturated carbocycles. The number of aryl methyl sites for hydroxylation is 2. The Morgan fingerprint density at radius 2 is 2.14 bits per heavy atom. The van der Waals surface area contributed by atoms with Crippen molar-refractivity contribution in [2.75, 3.05) is 0 Å². The Hall–Kier alpha value is -0.410. The van der Waals surface area contributed by atoms with E-state index >= 15 is 0 Å². The average molecular weight is 210 g/mol. The second kappa shape index (κ2) is 3.31. The van der Waals surface area contributed by atoms with E-state index in [0.29, 0.717) is 11.5 Å². The van der Waals surface area contributed by atoms with E-state index in [4.69, 9.17) is 0 Å². The lowest BCUT2D eigenvalue weighted by atomic mass is 10.2. The van der Waals surface area contributed by atoms with Crippen molar-refractivity contribution in [2.24, 2.45) is 5.41 Å². The van der Waals surface area contributed by atoms with Crippen LogP contribution in [0.15, 0.2) is 0 Å². The normalized spacial score (nSPS) is 23.9. The Morgan fingerprint density at radius 1 is 1.50 bits per heavy atom. The molecule has 78 valence electrons. The smallest absolute Gasteiger partial charge is 0.107 e. The first-order valence-electron chi connectivity index (χ1n) is 5.15. The van der Waals surface area contributed by atoms with Crippen molar-refractivity contribution in [3.63, 3.8) is 0 Å². The minimum Gasteiger partial charge on any atom is -0.307 e. The Kier molecular flexibility index (Phi) is 2.40. The molecule has 1 aromatic rings. The molecule has 0 amide bonds. The maximum absolute atomic E-state index is 4.51. The summed E-state index contributed by atoms with van der Waals surface area (Å²) >= 11 is 1.81. The summed E-state index contributed by atoms with van der Waals surface area (Å²) in [6.07, 6.45) is 1.30. The summed E-state index contributed by atoms with van der Waals surface area (Å²) in [6, 6.07) is 0.701. The van der Waals surface area contributed by atoms with Crippen molar-refractivity contribution in [2.45, 2.75) is 46.7 Å². The van der Waals surface area contributed by atoms with Gasteiger partial charge in [-0.15, -0.1) is 11.3 Å². The zero-order valence-electron chi connectivity index (χ0n) is 9.35. The van der Waals surface area contributed by atoms with Gasteiger partial charge in [0, 0.05) is 17.5 Å². The molecular formula is C11H18N2S. The monoisotopic (exact) mass is 210 g/mol. The highest BCUT2D eigenvalue weighted by Gasteiger charge is 2.45. The zero-order chi connectivity index (χ0) is 10.3. The quantitative estimate of drug-likeness (QED) is 0.829. The Morgan fingerprint density at radius 3 is 2.57 bits per heavy atom. The van der Waals surface area contributed by atoms with Crippen molar-refractivity contribution >= 4 is 11.3 Å². The van der Waals surface area contributed by atoms with Crippen LogP contribution in [0.5, 0.6) is 0 Å². The number of aromatic nitrogens is 1. The lowest BCUT2D eigenvalue weighted by molar-refractivity contribution is 0.541. The number of nitrogens with one attached hydrogen (secondary N) is 1. The van der Waals surface area contributed by atoms with Crippen molar-refractivity contribution in [1.82, 2.24) is 10.3 Å². The molecule has 1 aliphatic rings. The molecule has 1 N–H and O–H groups in total. The fraction of sp³-hybridized carbons (Fsp3) is 0.727. The molecule has 1 aliphatic carbocycles. The Bertz CT molecular complexity index is 322. The summed E-state index contributed by atoms with van der Waals surface area (Å²) in [4.78, 5) is 5.86. The van der Waals surface area contributed by atoms with E-state index in [2.05, 4.69) is 38.0 Å². The number of rotatable bonds is 3. The highest BCUT2D eigenvalue weighted by Crippen LogP contribution is 2.44. The summed E-state index contributed by atoms with van der Waals surface area (Å²) in [6.45, 7) is 9.77. The summed E-state index contributed by atoms with van der Waals surface area (Å²) < 4.78 is 0. The molecule has 0 saturated heterocycles. The van der Waals surface area contributed by atoms with Crippen LogP contribution in [0, 0.1) is 19.3 Å². The van der Waals surface area contributed by atoms with Gasteiger partial charge in [-0.25, -0.2) is 4.98 Å². The first-order chi connectivity index (χ1) is 6.49. The number of hydrogen-bond acceptors (Lipinski definition) is 3. The Labute approximate surface area is 89.8 Å². The van der Waals surface area contributed by atoms with Gasteiger partial charge in [0.05, 0.1) is 5.69 Å². The fourth-order valence-electron chi connectivity index (χ4n) is 1.64. The molecule has 1 atom stereocenters. The minimum absolute atomic E-state index is 0.515. The molecule has 0 spiro atoms. The van der Waals surface area contributed by atoms with Crippen LogP contribution in [0.4, 0.5) is 0 Å². The van der Waals surface area contributed by atoms with Gasteiger partial charge >= 0.3 is 0 Å². The minimum atomic E-state index is 0.515. The van der Waals surface area contributed by atoms with E-state index in [0.717, 1.165) is 6.54 Å². The lowest BCUT2D eigenvalue weighted by Gasteiger charge is -2.03. The molecule has 0 aliphatic heterocycles. The summed E-state index contributed by atoms with van der Waals surface area (Å²) in [5.41, 5.74) is 1.70. The first-order valence-corrected chi connectivity index (χ1v) is 5.97. The van der Waals surface area contributed by atoms with Gasteiger partial charge < -0.3 is 5.32 Å². The van der Waals surface area contributed by atoms with E-state index in [-0.39, 0.29) is 0 Å². The van der Waals surface area contributed by atoms with Crippen LogP contribution in [-0.2, 0) is 6.54 Å². The second-order valence-electron chi connectivity index (χ2n) is 4.88. The third-order valence-electron chi connectivity index (χ3n) is 3.09. The van der Waals surface area contributed by atoms with Crippen LogP contribution >= 0.6 is 11.3 Å². The molecule has 0 aromatic carbocycles. The third-order valence-corrected chi connectivity index (χ3v) is 4.16. The first kappa shape index (κ1) is 10.1. The van der Waals surface area contributed by atoms with E-state index in [9.17, 15) is 0 Å². The van der Waals surface area contributed by atoms with Crippen molar-refractivity contribution in [3.05, 3.63) is 15.6 Å². The van der Waals surface area contributed by atoms with Gasteiger partial charge in [0.2, 0.25) is 0 Å². The molecule has 1 unspecified atom stereocenters. The van der Waals surface area contributed by atoms with Gasteiger partial charge in [0.1, 0.15) is 5.01 Å². The third kappa shape index (κ3) is 1.98. The number of nitrogens with zero attached hydrogens (tertiary/aromatic N) is 1. The molecule has 1 heterocycles. The fourth-order valence-corrected chi connectivity index (χ4v) is 2.53. The molecule has 2 nitrogen and oxygen atoms in total. The maximum atomic E-state index is 4.51. The number of thiazole rings is 1. The van der Waals surface area contributed by atoms with E-state index in [1.54, 1.807) is 0 Å². The highest BCUT2D eigenvalue weighted by atomic mass is 32.1. The van der Waals surface area contributed by atoms with Gasteiger partial charge in [0.25, 0.3) is 0 Å². The van der Waals surface area contributed by atoms with Crippen molar-refractivity contribution in [3.8, 4) is 0 Å². The summed E-state index contributed by atoms with van der Waals surface area (Å²) in [5, 5.41) is 4.78. The summed E-state index contributed by atoms with van der Waals surface area (Å²) in [7, 11) is 0. The van der Waals surface area contributed by atoms with Crippen LogP contribution in [0.1, 0.15) is 35.8 Å². The van der Waals surface area contributed by atoms with Gasteiger partial charge in [-0.3, -0.25) is 0 Å². The lowest BCUT2D eigenvalue weighted by Crippen LogP contribution is -2.19. The molecule has 0 bridgehead atoms. The molecule has 0 radical (unpaired) electrons. The standard InChI is InChI=1S/C11H18N2S/c1-7-8(2)14-10(13-7)6-12-9-5-11(9,3)4/h9,12H,5-6H2,1-4H3. The highest BCUT2D eigenvalue weighted by molar-refractivity contribution is 7.11. The largest absolute Gasteiger partial charge is 0.307 e. The summed E-state index contributed by atoms with van der Waals surface area (Å²) in [5.74, 6) is 0. The van der Waals surface area contributed by atoms with Crippen LogP contribution in [-0.4, -0.2) is 11.0 Å². The Balaban J connectivity index is 1.87. The molecule has 2 rings (SSSR count). The number of hydrogen-bond donors (Lipinski definition) is 1. The van der Waals surface area contributed by atoms with Crippen LogP contribution in [0.3, 0.4) is 0 Å². The average Bonchev–Trinajstić information content (AvgIpc) is 2.56. The van der Waals surface area contributed by atoms with Crippen LogP contribution in [0.2, 0.25) is 0 Å². The molecule has 14 heavy (non-hydrogen) atoms. The van der Waals surface area contributed by atoms with E-state index in [1.165, 1.54) is 22.0 Å². The zero-order valence-corrected chi connectivity index (χ0v) is 10.2. The van der Waals surface area contributed by atoms with E-state index in [1.807, 2.05) is 11.3 Å². The molecular weight excluding hydrogens is 192 g/mol. The van der Waals surface area contributed by atoms with Crippen molar-refractivity contribution in [1.29, 1.82) is 0 Å². The topological polar surface area (TPSA) is 24.9 Å². The SMILES string of the molecule is Cc1nc(CNC2CC2(C)C)sc1C. The van der Waals surface area contributed by atoms with Gasteiger partial charge in [0.15, 0.2) is 0 Å². The predicted molar refractivity (Wildman–Crippen MR) is 60.6 cm³/mol. The molecule has 3 heteroatoms. The van der Waals surface area contributed by atoms with Crippen molar-refractivity contribution < 1.29 is 0 Å². The maximum Gasteiger partial charge on any atom is 0.107 e. The van der Waals surface area contributed by atoms with Crippen LogP contribution in [0.25, 0.3) is 0 Å². The van der Waals surface area contributed by atoms with Gasteiger partial charge in [-0.1, -0.05) is 13.8 Å². The second-order valence-corrected chi connectivity index (χ2v) is 6.16. The van der Waals surface area contributed by atoms with Crippen LogP contribution < -0.4 is 5.32 Å². The van der Waals surface area contributed by atoms with E-state index < -0.39 is 0 Å². The predicted octanol–water partition coefficient (Wildman–Crippen LogP) is 2.65.